The van der Waals surface area contributed by atoms with Crippen molar-refractivity contribution in [1.29, 1.82) is 0 Å². The van der Waals surface area contributed by atoms with Gasteiger partial charge in [0.2, 0.25) is 0 Å². The fourth-order valence-electron chi connectivity index (χ4n) is 4.17. The molecule has 1 aromatic carbocycles. The Morgan fingerprint density at radius 2 is 2.00 bits per heavy atom. The molecule has 1 fully saturated rings. The van der Waals surface area contributed by atoms with Crippen LogP contribution in [0, 0.1) is 20.8 Å². The highest BCUT2D eigenvalue weighted by molar-refractivity contribution is 7.09. The number of furan rings is 1. The van der Waals surface area contributed by atoms with Crippen molar-refractivity contribution in [2.75, 3.05) is 23.8 Å². The molecule has 0 spiro atoms. The molecule has 0 aliphatic carbocycles. The Hall–Kier alpha value is -3.70. The minimum atomic E-state index is -1.16. The molecule has 0 unspecified atom stereocenters. The number of hydrogen-bond acceptors (Lipinski definition) is 8. The van der Waals surface area contributed by atoms with Gasteiger partial charge in [-0.15, -0.1) is 0 Å². The number of nitrogens with zero attached hydrogens (tertiary/aromatic N) is 2. The Balaban J connectivity index is 1.83. The van der Waals surface area contributed by atoms with Crippen LogP contribution in [0.3, 0.4) is 0 Å². The van der Waals surface area contributed by atoms with Gasteiger partial charge in [-0.25, -0.2) is 0 Å². The zero-order chi connectivity index (χ0) is 26.0. The van der Waals surface area contributed by atoms with Crippen molar-refractivity contribution in [2.24, 2.45) is 5.73 Å². The molecule has 1 aliphatic rings. The molecule has 3 amide bonds. The van der Waals surface area contributed by atoms with E-state index in [2.05, 4.69) is 9.69 Å². The second-order valence-electron chi connectivity index (χ2n) is 8.83. The molecule has 4 rings (SSSR count). The third-order valence-electron chi connectivity index (χ3n) is 6.06. The minimum Gasteiger partial charge on any atom is -0.464 e. The highest BCUT2D eigenvalue weighted by Gasteiger charge is 2.38. The summed E-state index contributed by atoms with van der Waals surface area (Å²) >= 11 is 0.760. The Morgan fingerprint density at radius 1 is 1.22 bits per heavy atom. The molecule has 1 aliphatic heterocycles. The summed E-state index contributed by atoms with van der Waals surface area (Å²) < 4.78 is 15.5. The van der Waals surface area contributed by atoms with Crippen LogP contribution >= 0.6 is 11.5 Å². The van der Waals surface area contributed by atoms with E-state index in [1.165, 1.54) is 4.90 Å². The first-order chi connectivity index (χ1) is 17.2. The van der Waals surface area contributed by atoms with E-state index in [9.17, 15) is 14.4 Å². The Labute approximate surface area is 212 Å². The smallest absolute Gasteiger partial charge is 0.273 e. The van der Waals surface area contributed by atoms with E-state index in [-0.39, 0.29) is 28.1 Å². The van der Waals surface area contributed by atoms with E-state index in [1.807, 2.05) is 32.0 Å². The van der Waals surface area contributed by atoms with Crippen LogP contribution in [0.5, 0.6) is 0 Å². The Kier molecular flexibility index (Phi) is 7.41. The number of nitrogens with two attached hydrogens (primary N) is 2. The third kappa shape index (κ3) is 5.12. The summed E-state index contributed by atoms with van der Waals surface area (Å²) in [4.78, 5) is 40.9. The van der Waals surface area contributed by atoms with Gasteiger partial charge in [-0.3, -0.25) is 19.3 Å². The van der Waals surface area contributed by atoms with Gasteiger partial charge in [-0.05, 0) is 74.5 Å². The van der Waals surface area contributed by atoms with Gasteiger partial charge in [-0.2, -0.15) is 4.37 Å². The normalized spacial score (nSPS) is 16.0. The number of aryl methyl sites for hydroxylation is 3. The quantitative estimate of drug-likeness (QED) is 0.420. The second kappa shape index (κ2) is 10.5. The van der Waals surface area contributed by atoms with E-state index in [1.54, 1.807) is 19.1 Å². The number of ether oxygens (including phenoxy) is 1. The van der Waals surface area contributed by atoms with Crippen LogP contribution in [0.1, 0.15) is 61.7 Å². The maximum Gasteiger partial charge on any atom is 0.273 e. The van der Waals surface area contributed by atoms with E-state index in [0.29, 0.717) is 24.6 Å². The van der Waals surface area contributed by atoms with Crippen molar-refractivity contribution >= 4 is 40.6 Å². The summed E-state index contributed by atoms with van der Waals surface area (Å²) in [5.74, 6) is -1.01. The first-order valence-corrected chi connectivity index (χ1v) is 12.4. The Morgan fingerprint density at radius 3 is 2.61 bits per heavy atom. The monoisotopic (exact) mass is 511 g/mol. The Bertz CT molecular complexity index is 1290. The zero-order valence-electron chi connectivity index (χ0n) is 20.4. The first-order valence-electron chi connectivity index (χ1n) is 11.6. The highest BCUT2D eigenvalue weighted by atomic mass is 32.1. The van der Waals surface area contributed by atoms with Crippen molar-refractivity contribution in [3.8, 4) is 0 Å². The molecule has 0 saturated carbocycles. The summed E-state index contributed by atoms with van der Waals surface area (Å²) in [6, 6.07) is 7.83. The van der Waals surface area contributed by atoms with Crippen molar-refractivity contribution < 1.29 is 23.5 Å². The summed E-state index contributed by atoms with van der Waals surface area (Å²) in [5.41, 5.74) is 13.3. The number of benzene rings is 1. The van der Waals surface area contributed by atoms with Gasteiger partial charge >= 0.3 is 0 Å². The lowest BCUT2D eigenvalue weighted by atomic mass is 10.0. The number of anilines is 2. The number of rotatable bonds is 8. The average Bonchev–Trinajstić information content (AvgIpc) is 3.58. The van der Waals surface area contributed by atoms with Gasteiger partial charge in [0.25, 0.3) is 17.7 Å². The van der Waals surface area contributed by atoms with Crippen LogP contribution < -0.4 is 21.7 Å². The fraction of sp³-hybridized carbons (Fsp3) is 0.360. The van der Waals surface area contributed by atoms with Crippen LogP contribution in [-0.2, 0) is 9.53 Å². The minimum absolute atomic E-state index is 0.00455. The maximum atomic E-state index is 14.1. The number of amides is 3. The first kappa shape index (κ1) is 25.4. The molecule has 3 heterocycles. The van der Waals surface area contributed by atoms with Gasteiger partial charge in [0, 0.05) is 18.8 Å². The number of nitrogens with one attached hydrogen (secondary N) is 1. The van der Waals surface area contributed by atoms with Gasteiger partial charge in [-0.1, -0.05) is 12.1 Å². The lowest BCUT2D eigenvalue weighted by Gasteiger charge is -2.31. The van der Waals surface area contributed by atoms with Gasteiger partial charge in [0.1, 0.15) is 16.4 Å². The molecule has 3 aromatic rings. The van der Waals surface area contributed by atoms with E-state index >= 15 is 0 Å². The van der Waals surface area contributed by atoms with Crippen molar-refractivity contribution in [3.05, 3.63) is 63.6 Å². The number of primary amides is 1. The molecule has 1 saturated heterocycles. The molecular formula is C25H29N5O5S. The molecule has 0 bridgehead atoms. The molecule has 190 valence electrons. The summed E-state index contributed by atoms with van der Waals surface area (Å²) in [5, 5.41) is 2.93. The summed E-state index contributed by atoms with van der Waals surface area (Å²) in [6.45, 7) is 6.45. The second-order valence-corrected chi connectivity index (χ2v) is 9.61. The standard InChI is InChI=1S/C25H29N5O5S/c1-13-6-7-14(2)17(11-13)30(25(33)22-19(26)20(23(27)31)29-36-22)21(18-9-8-15(3)35-18)24(32)28-12-16-5-4-10-34-16/h6-9,11,16,21H,4-5,10,12,26H2,1-3H3,(H2,27,31)(H,28,32)/t16-,21-/m1/s1. The van der Waals surface area contributed by atoms with E-state index < -0.39 is 23.8 Å². The van der Waals surface area contributed by atoms with E-state index in [4.69, 9.17) is 20.6 Å². The number of hydrogen-bond donors (Lipinski definition) is 3. The predicted octanol–water partition coefficient (Wildman–Crippen LogP) is 3.03. The summed E-state index contributed by atoms with van der Waals surface area (Å²) in [6.07, 6.45) is 1.69. The lowest BCUT2D eigenvalue weighted by Crippen LogP contribution is -2.45. The van der Waals surface area contributed by atoms with Crippen molar-refractivity contribution in [1.82, 2.24) is 9.69 Å². The SMILES string of the molecule is Cc1ccc(C)c(N(C(=O)c2snc(C(N)=O)c2N)[C@@H](C(=O)NC[C@H]2CCCO2)c2ccc(C)o2)c1. The van der Waals surface area contributed by atoms with Crippen LogP contribution in [0.15, 0.2) is 34.7 Å². The average molecular weight is 512 g/mol. The van der Waals surface area contributed by atoms with Gasteiger partial charge in [0.15, 0.2) is 11.7 Å². The number of nitrogen functional groups attached to an aromatic ring is 1. The molecule has 2 atom stereocenters. The summed E-state index contributed by atoms with van der Waals surface area (Å²) in [7, 11) is 0. The van der Waals surface area contributed by atoms with Crippen molar-refractivity contribution in [3.63, 3.8) is 0 Å². The largest absolute Gasteiger partial charge is 0.464 e. The van der Waals surface area contributed by atoms with Crippen LogP contribution in [-0.4, -0.2) is 41.4 Å². The fourth-order valence-corrected chi connectivity index (χ4v) is 4.92. The molecule has 5 N–H and O–H groups in total. The van der Waals surface area contributed by atoms with Crippen LogP contribution in [0.2, 0.25) is 0 Å². The maximum absolute atomic E-state index is 14.1. The lowest BCUT2D eigenvalue weighted by molar-refractivity contribution is -0.123. The number of aromatic nitrogens is 1. The third-order valence-corrected chi connectivity index (χ3v) is 6.91. The van der Waals surface area contributed by atoms with Crippen molar-refractivity contribution in [2.45, 2.75) is 45.8 Å². The topological polar surface area (TPSA) is 154 Å². The van der Waals surface area contributed by atoms with Crippen LogP contribution in [0.25, 0.3) is 0 Å². The zero-order valence-corrected chi connectivity index (χ0v) is 21.2. The molecule has 36 heavy (non-hydrogen) atoms. The molecule has 11 heteroatoms. The van der Waals surface area contributed by atoms with Gasteiger partial charge in [0.05, 0.1) is 11.8 Å². The molecule has 10 nitrogen and oxygen atoms in total. The molecule has 2 aromatic heterocycles. The highest BCUT2D eigenvalue weighted by Crippen LogP contribution is 2.36. The number of carbonyl (C=O) groups excluding carboxylic acids is 3. The predicted molar refractivity (Wildman–Crippen MR) is 136 cm³/mol. The molecule has 0 radical (unpaired) electrons. The molecular weight excluding hydrogens is 482 g/mol. The number of carbonyl (C=O) groups is 3. The van der Waals surface area contributed by atoms with Crippen LogP contribution in [0.4, 0.5) is 11.4 Å². The van der Waals surface area contributed by atoms with Gasteiger partial charge < -0.3 is 25.9 Å². The van der Waals surface area contributed by atoms with E-state index in [0.717, 1.165) is 35.5 Å².